The molecule has 1 aromatic carbocycles. The summed E-state index contributed by atoms with van der Waals surface area (Å²) in [6.07, 6.45) is 6.00. The fraction of sp³-hybridized carbons (Fsp3) is 0.261. The van der Waals surface area contributed by atoms with E-state index in [1.165, 1.54) is 18.2 Å². The van der Waals surface area contributed by atoms with Gasteiger partial charge in [0.05, 0.1) is 11.4 Å². The monoisotopic (exact) mass is 391 g/mol. The summed E-state index contributed by atoms with van der Waals surface area (Å²) in [4.78, 5) is 32.8. The lowest BCUT2D eigenvalue weighted by atomic mass is 10.1. The number of aliphatic hydroxyl groups is 1. The van der Waals surface area contributed by atoms with Gasteiger partial charge in [0.2, 0.25) is 0 Å². The van der Waals surface area contributed by atoms with Crippen LogP contribution in [0.5, 0.6) is 0 Å². The van der Waals surface area contributed by atoms with Gasteiger partial charge in [0.1, 0.15) is 6.61 Å². The number of likely N-dealkylation sites (N-methyl/N-ethyl adjacent to an activating group) is 1. The van der Waals surface area contributed by atoms with Gasteiger partial charge in [-0.25, -0.2) is 4.98 Å². The van der Waals surface area contributed by atoms with Crippen LogP contribution in [0.15, 0.2) is 54.6 Å². The molecule has 1 aliphatic rings. The molecule has 1 aromatic heterocycles. The maximum atomic E-state index is 12.6. The standard InChI is InChI=1S/C23H25N3O3/c1-25-12-14-26(15-13-25)21-7-2-4-18(16-21)23(29)11-9-20-6-3-5-19(24-20)8-10-22(28)17-27/h2-11,16,27H,12-15,17H2,1H3/b10-8+,11-9+. The van der Waals surface area contributed by atoms with Crippen molar-refractivity contribution in [2.45, 2.75) is 0 Å². The first-order valence-electron chi connectivity index (χ1n) is 9.60. The highest BCUT2D eigenvalue weighted by atomic mass is 16.3. The molecule has 0 saturated carbocycles. The molecule has 0 unspecified atom stereocenters. The normalized spacial score (nSPS) is 15.3. The number of rotatable bonds is 7. The number of nitrogens with zero attached hydrogens (tertiary/aromatic N) is 3. The van der Waals surface area contributed by atoms with E-state index < -0.39 is 6.61 Å². The first-order valence-corrected chi connectivity index (χ1v) is 9.60. The molecule has 0 amide bonds. The molecule has 0 atom stereocenters. The van der Waals surface area contributed by atoms with Crippen LogP contribution in [-0.2, 0) is 4.79 Å². The molecular formula is C23H25N3O3. The molecule has 29 heavy (non-hydrogen) atoms. The number of pyridine rings is 1. The summed E-state index contributed by atoms with van der Waals surface area (Å²) in [6.45, 7) is 3.40. The number of hydrogen-bond acceptors (Lipinski definition) is 6. The van der Waals surface area contributed by atoms with Crippen LogP contribution in [0.4, 0.5) is 5.69 Å². The van der Waals surface area contributed by atoms with Gasteiger partial charge in [0.15, 0.2) is 11.6 Å². The number of aromatic nitrogens is 1. The van der Waals surface area contributed by atoms with Crippen LogP contribution >= 0.6 is 0 Å². The lowest BCUT2D eigenvalue weighted by Crippen LogP contribution is -2.44. The summed E-state index contributed by atoms with van der Waals surface area (Å²) in [6, 6.07) is 13.0. The lowest BCUT2D eigenvalue weighted by molar-refractivity contribution is -0.117. The Kier molecular flexibility index (Phi) is 7.05. The molecule has 3 rings (SSSR count). The van der Waals surface area contributed by atoms with E-state index in [2.05, 4.69) is 21.8 Å². The fourth-order valence-electron chi connectivity index (χ4n) is 3.06. The van der Waals surface area contributed by atoms with Crippen molar-refractivity contribution in [1.29, 1.82) is 0 Å². The summed E-state index contributed by atoms with van der Waals surface area (Å²) in [5, 5.41) is 8.76. The predicted molar refractivity (Wildman–Crippen MR) is 115 cm³/mol. The maximum Gasteiger partial charge on any atom is 0.185 e. The van der Waals surface area contributed by atoms with Crippen LogP contribution in [0, 0.1) is 0 Å². The fourth-order valence-corrected chi connectivity index (χ4v) is 3.06. The summed E-state index contributed by atoms with van der Waals surface area (Å²) in [5.74, 6) is -0.470. The van der Waals surface area contributed by atoms with Gasteiger partial charge < -0.3 is 14.9 Å². The SMILES string of the molecule is CN1CCN(c2cccc(C(=O)/C=C/c3cccc(/C=C/C(=O)CO)n3)c2)CC1. The van der Waals surface area contributed by atoms with E-state index >= 15 is 0 Å². The second-order valence-corrected chi connectivity index (χ2v) is 6.98. The number of ketones is 2. The quantitative estimate of drug-likeness (QED) is 0.577. The van der Waals surface area contributed by atoms with Gasteiger partial charge >= 0.3 is 0 Å². The zero-order valence-electron chi connectivity index (χ0n) is 16.5. The van der Waals surface area contributed by atoms with Crippen LogP contribution in [0.3, 0.4) is 0 Å². The molecule has 1 saturated heterocycles. The number of carbonyl (C=O) groups excluding carboxylic acids is 2. The van der Waals surface area contributed by atoms with Crippen LogP contribution in [0.2, 0.25) is 0 Å². The van der Waals surface area contributed by atoms with E-state index in [0.29, 0.717) is 17.0 Å². The van der Waals surface area contributed by atoms with E-state index in [4.69, 9.17) is 5.11 Å². The number of aliphatic hydroxyl groups excluding tert-OH is 1. The number of benzene rings is 1. The molecule has 1 fully saturated rings. The summed E-state index contributed by atoms with van der Waals surface area (Å²) < 4.78 is 0. The molecule has 0 spiro atoms. The third-order valence-corrected chi connectivity index (χ3v) is 4.79. The third kappa shape index (κ3) is 5.94. The zero-order chi connectivity index (χ0) is 20.6. The Bertz CT molecular complexity index is 928. The van der Waals surface area contributed by atoms with Gasteiger partial charge in [0, 0.05) is 37.4 Å². The molecule has 2 heterocycles. The van der Waals surface area contributed by atoms with E-state index in [9.17, 15) is 9.59 Å². The average molecular weight is 391 g/mol. The highest BCUT2D eigenvalue weighted by molar-refractivity contribution is 6.07. The smallest absolute Gasteiger partial charge is 0.185 e. The van der Waals surface area contributed by atoms with Crippen molar-refractivity contribution < 1.29 is 14.7 Å². The first-order chi connectivity index (χ1) is 14.0. The molecule has 150 valence electrons. The molecular weight excluding hydrogens is 366 g/mol. The molecule has 1 aliphatic heterocycles. The molecule has 1 N–H and O–H groups in total. The van der Waals surface area contributed by atoms with Crippen molar-refractivity contribution in [3.05, 3.63) is 71.6 Å². The molecule has 0 aliphatic carbocycles. The van der Waals surface area contributed by atoms with Gasteiger partial charge in [-0.15, -0.1) is 0 Å². The van der Waals surface area contributed by atoms with Crippen molar-refractivity contribution in [2.75, 3.05) is 44.7 Å². The topological polar surface area (TPSA) is 73.7 Å². The third-order valence-electron chi connectivity index (χ3n) is 4.79. The minimum absolute atomic E-state index is 0.0841. The van der Waals surface area contributed by atoms with Gasteiger partial charge in [-0.1, -0.05) is 18.2 Å². The van der Waals surface area contributed by atoms with E-state index in [1.54, 1.807) is 24.3 Å². The van der Waals surface area contributed by atoms with E-state index in [0.717, 1.165) is 31.9 Å². The van der Waals surface area contributed by atoms with Gasteiger partial charge in [-0.05, 0) is 55.6 Å². The molecule has 0 radical (unpaired) electrons. The Morgan fingerprint density at radius 2 is 1.66 bits per heavy atom. The van der Waals surface area contributed by atoms with Crippen molar-refractivity contribution in [1.82, 2.24) is 9.88 Å². The zero-order valence-corrected chi connectivity index (χ0v) is 16.5. The highest BCUT2D eigenvalue weighted by Crippen LogP contribution is 2.18. The second kappa shape index (κ2) is 9.91. The summed E-state index contributed by atoms with van der Waals surface area (Å²) >= 11 is 0. The van der Waals surface area contributed by atoms with Gasteiger partial charge in [-0.2, -0.15) is 0 Å². The Balaban J connectivity index is 1.69. The van der Waals surface area contributed by atoms with Gasteiger partial charge in [0.25, 0.3) is 0 Å². The Morgan fingerprint density at radius 1 is 1.00 bits per heavy atom. The number of carbonyl (C=O) groups is 2. The summed E-state index contributed by atoms with van der Waals surface area (Å²) in [7, 11) is 2.12. The molecule has 2 aromatic rings. The van der Waals surface area contributed by atoms with Crippen molar-refractivity contribution in [3.8, 4) is 0 Å². The van der Waals surface area contributed by atoms with Crippen LogP contribution < -0.4 is 4.90 Å². The van der Waals surface area contributed by atoms with E-state index in [-0.39, 0.29) is 11.6 Å². The van der Waals surface area contributed by atoms with Crippen LogP contribution in [-0.4, -0.2) is 66.4 Å². The van der Waals surface area contributed by atoms with Crippen molar-refractivity contribution >= 4 is 29.4 Å². The van der Waals surface area contributed by atoms with Crippen molar-refractivity contribution in [2.24, 2.45) is 0 Å². The van der Waals surface area contributed by atoms with Gasteiger partial charge in [-0.3, -0.25) is 9.59 Å². The van der Waals surface area contributed by atoms with Crippen LogP contribution in [0.25, 0.3) is 12.2 Å². The molecule has 6 nitrogen and oxygen atoms in total. The largest absolute Gasteiger partial charge is 0.388 e. The predicted octanol–water partition coefficient (Wildman–Crippen LogP) is 2.30. The highest BCUT2D eigenvalue weighted by Gasteiger charge is 2.15. The Hall–Kier alpha value is -3.09. The maximum absolute atomic E-state index is 12.6. The van der Waals surface area contributed by atoms with Crippen molar-refractivity contribution in [3.63, 3.8) is 0 Å². The molecule has 0 bridgehead atoms. The van der Waals surface area contributed by atoms with E-state index in [1.807, 2.05) is 24.3 Å². The number of piperazine rings is 1. The molecule has 6 heteroatoms. The van der Waals surface area contributed by atoms with Crippen LogP contribution in [0.1, 0.15) is 21.7 Å². The average Bonchev–Trinajstić information content (AvgIpc) is 2.76. The number of anilines is 1. The Labute approximate surface area is 170 Å². The second-order valence-electron chi connectivity index (χ2n) is 6.98. The minimum Gasteiger partial charge on any atom is -0.388 e. The number of allylic oxidation sites excluding steroid dienone is 1. The lowest BCUT2D eigenvalue weighted by Gasteiger charge is -2.34. The number of hydrogen-bond donors (Lipinski definition) is 1. The first kappa shape index (κ1) is 20.6. The summed E-state index contributed by atoms with van der Waals surface area (Å²) in [5.41, 5.74) is 2.91. The Morgan fingerprint density at radius 3 is 2.34 bits per heavy atom. The minimum atomic E-state index is -0.530.